The summed E-state index contributed by atoms with van der Waals surface area (Å²) >= 11 is 0. The fourth-order valence-corrected chi connectivity index (χ4v) is 3.44. The third-order valence-corrected chi connectivity index (χ3v) is 5.04. The van der Waals surface area contributed by atoms with Crippen LogP contribution in [0.4, 0.5) is 0 Å². The maximum absolute atomic E-state index is 12.3. The van der Waals surface area contributed by atoms with E-state index in [0.29, 0.717) is 42.8 Å². The van der Waals surface area contributed by atoms with Crippen LogP contribution in [0.25, 0.3) is 0 Å². The highest BCUT2D eigenvalue weighted by atomic mass is 16.5. The third kappa shape index (κ3) is 6.62. The SMILES string of the molecule is COc1ccc(CN(Cc2ccccc2)Cc2ccc(C(=O)NCC(C)C)o2)cc1OC. The van der Waals surface area contributed by atoms with Crippen molar-refractivity contribution >= 4 is 5.91 Å². The smallest absolute Gasteiger partial charge is 0.287 e. The Kier molecular flexibility index (Phi) is 8.34. The van der Waals surface area contributed by atoms with Gasteiger partial charge in [-0.05, 0) is 41.3 Å². The summed E-state index contributed by atoms with van der Waals surface area (Å²) in [5.74, 6) is 2.69. The summed E-state index contributed by atoms with van der Waals surface area (Å²) in [5.41, 5.74) is 2.30. The normalized spacial score (nSPS) is 11.1. The first-order valence-electron chi connectivity index (χ1n) is 10.8. The van der Waals surface area contributed by atoms with Gasteiger partial charge in [0, 0.05) is 19.6 Å². The highest BCUT2D eigenvalue weighted by molar-refractivity contribution is 5.91. The molecule has 0 fully saturated rings. The molecule has 1 aromatic heterocycles. The zero-order valence-corrected chi connectivity index (χ0v) is 19.3. The van der Waals surface area contributed by atoms with E-state index in [2.05, 4.69) is 36.2 Å². The van der Waals surface area contributed by atoms with Gasteiger partial charge in [0.25, 0.3) is 5.91 Å². The molecule has 0 bridgehead atoms. The van der Waals surface area contributed by atoms with Crippen LogP contribution in [0.5, 0.6) is 11.5 Å². The van der Waals surface area contributed by atoms with E-state index in [0.717, 1.165) is 17.9 Å². The maximum Gasteiger partial charge on any atom is 0.287 e. The van der Waals surface area contributed by atoms with E-state index < -0.39 is 0 Å². The summed E-state index contributed by atoms with van der Waals surface area (Å²) in [6.45, 7) is 6.73. The van der Waals surface area contributed by atoms with E-state index in [1.807, 2.05) is 42.5 Å². The molecule has 0 saturated heterocycles. The van der Waals surface area contributed by atoms with E-state index in [1.165, 1.54) is 5.56 Å². The van der Waals surface area contributed by atoms with Crippen molar-refractivity contribution in [2.45, 2.75) is 33.5 Å². The number of hydrogen-bond donors (Lipinski definition) is 1. The molecule has 0 aliphatic carbocycles. The van der Waals surface area contributed by atoms with Crippen LogP contribution in [0.3, 0.4) is 0 Å². The van der Waals surface area contributed by atoms with Crippen molar-refractivity contribution < 1.29 is 18.7 Å². The van der Waals surface area contributed by atoms with Gasteiger partial charge >= 0.3 is 0 Å². The molecule has 0 aliphatic rings. The number of benzene rings is 2. The summed E-state index contributed by atoms with van der Waals surface area (Å²) < 4.78 is 16.7. The van der Waals surface area contributed by atoms with E-state index in [1.54, 1.807) is 20.3 Å². The first-order chi connectivity index (χ1) is 15.5. The molecule has 0 saturated carbocycles. The zero-order chi connectivity index (χ0) is 22.9. The number of nitrogens with zero attached hydrogens (tertiary/aromatic N) is 1. The van der Waals surface area contributed by atoms with E-state index in [-0.39, 0.29) is 5.91 Å². The molecule has 0 atom stereocenters. The largest absolute Gasteiger partial charge is 0.493 e. The molecular formula is C26H32N2O4. The second-order valence-corrected chi connectivity index (χ2v) is 8.19. The lowest BCUT2D eigenvalue weighted by Gasteiger charge is -2.22. The average molecular weight is 437 g/mol. The number of nitrogens with one attached hydrogen (secondary N) is 1. The minimum atomic E-state index is -0.181. The number of amides is 1. The molecular weight excluding hydrogens is 404 g/mol. The van der Waals surface area contributed by atoms with Crippen LogP contribution in [-0.4, -0.2) is 31.6 Å². The van der Waals surface area contributed by atoms with Crippen LogP contribution in [0.2, 0.25) is 0 Å². The minimum absolute atomic E-state index is 0.181. The number of furan rings is 1. The van der Waals surface area contributed by atoms with E-state index in [4.69, 9.17) is 13.9 Å². The lowest BCUT2D eigenvalue weighted by Crippen LogP contribution is -2.27. The predicted octanol–water partition coefficient (Wildman–Crippen LogP) is 4.89. The molecule has 0 unspecified atom stereocenters. The Morgan fingerprint density at radius 2 is 1.62 bits per heavy atom. The summed E-state index contributed by atoms with van der Waals surface area (Å²) in [6, 6.07) is 19.8. The first-order valence-corrected chi connectivity index (χ1v) is 10.8. The molecule has 1 amide bonds. The molecule has 3 aromatic rings. The summed E-state index contributed by atoms with van der Waals surface area (Å²) in [4.78, 5) is 14.6. The van der Waals surface area contributed by atoms with Gasteiger partial charge in [-0.25, -0.2) is 0 Å². The molecule has 6 nitrogen and oxygen atoms in total. The fourth-order valence-electron chi connectivity index (χ4n) is 3.44. The van der Waals surface area contributed by atoms with Crippen LogP contribution in [-0.2, 0) is 19.6 Å². The molecule has 0 aliphatic heterocycles. The number of carbonyl (C=O) groups excluding carboxylic acids is 1. The standard InChI is InChI=1S/C26H32N2O4/c1-19(2)15-27-26(29)24-13-11-22(32-24)18-28(16-20-8-6-5-7-9-20)17-21-10-12-23(30-3)25(14-21)31-4/h5-14,19H,15-18H2,1-4H3,(H,27,29). The molecule has 3 rings (SSSR count). The van der Waals surface area contributed by atoms with Crippen LogP contribution in [0.15, 0.2) is 65.1 Å². The van der Waals surface area contributed by atoms with Crippen molar-refractivity contribution in [2.24, 2.45) is 5.92 Å². The van der Waals surface area contributed by atoms with Crippen molar-refractivity contribution in [1.82, 2.24) is 10.2 Å². The molecule has 1 N–H and O–H groups in total. The zero-order valence-electron chi connectivity index (χ0n) is 19.3. The third-order valence-electron chi connectivity index (χ3n) is 5.04. The molecule has 2 aromatic carbocycles. The highest BCUT2D eigenvalue weighted by Crippen LogP contribution is 2.28. The van der Waals surface area contributed by atoms with E-state index >= 15 is 0 Å². The van der Waals surface area contributed by atoms with Crippen molar-refractivity contribution in [3.05, 3.63) is 83.3 Å². The van der Waals surface area contributed by atoms with Crippen molar-refractivity contribution in [3.63, 3.8) is 0 Å². The second kappa shape index (κ2) is 11.4. The first kappa shape index (κ1) is 23.4. The molecule has 6 heteroatoms. The van der Waals surface area contributed by atoms with Crippen LogP contribution in [0.1, 0.15) is 41.3 Å². The Morgan fingerprint density at radius 3 is 2.31 bits per heavy atom. The number of carbonyl (C=O) groups is 1. The molecule has 0 spiro atoms. The number of hydrogen-bond acceptors (Lipinski definition) is 5. The quantitative estimate of drug-likeness (QED) is 0.464. The summed E-state index contributed by atoms with van der Waals surface area (Å²) in [7, 11) is 3.27. The minimum Gasteiger partial charge on any atom is -0.493 e. The van der Waals surface area contributed by atoms with Crippen LogP contribution >= 0.6 is 0 Å². The molecule has 0 radical (unpaired) electrons. The maximum atomic E-state index is 12.3. The van der Waals surface area contributed by atoms with Crippen molar-refractivity contribution in [3.8, 4) is 11.5 Å². The predicted molar refractivity (Wildman–Crippen MR) is 125 cm³/mol. The van der Waals surface area contributed by atoms with Gasteiger partial charge in [-0.3, -0.25) is 9.69 Å². The van der Waals surface area contributed by atoms with Gasteiger partial charge in [0.1, 0.15) is 5.76 Å². The Bertz CT molecular complexity index is 998. The van der Waals surface area contributed by atoms with Gasteiger partial charge < -0.3 is 19.2 Å². The molecule has 32 heavy (non-hydrogen) atoms. The van der Waals surface area contributed by atoms with Gasteiger partial charge in [-0.1, -0.05) is 50.2 Å². The topological polar surface area (TPSA) is 63.9 Å². The number of methoxy groups -OCH3 is 2. The summed E-state index contributed by atoms with van der Waals surface area (Å²) in [6.07, 6.45) is 0. The van der Waals surface area contributed by atoms with Crippen LogP contribution < -0.4 is 14.8 Å². The molecule has 1 heterocycles. The lowest BCUT2D eigenvalue weighted by atomic mass is 10.1. The van der Waals surface area contributed by atoms with Gasteiger partial charge in [0.15, 0.2) is 17.3 Å². The number of rotatable bonds is 11. The van der Waals surface area contributed by atoms with Gasteiger partial charge in [-0.15, -0.1) is 0 Å². The van der Waals surface area contributed by atoms with Crippen molar-refractivity contribution in [2.75, 3.05) is 20.8 Å². The van der Waals surface area contributed by atoms with Gasteiger partial charge in [0.05, 0.1) is 20.8 Å². The Labute approximate surface area is 190 Å². The van der Waals surface area contributed by atoms with Gasteiger partial charge in [0.2, 0.25) is 0 Å². The Hall–Kier alpha value is -3.25. The molecule has 170 valence electrons. The monoisotopic (exact) mass is 436 g/mol. The van der Waals surface area contributed by atoms with Crippen LogP contribution in [0, 0.1) is 5.92 Å². The number of ether oxygens (including phenoxy) is 2. The lowest BCUT2D eigenvalue weighted by molar-refractivity contribution is 0.0916. The average Bonchev–Trinajstić information content (AvgIpc) is 3.26. The van der Waals surface area contributed by atoms with Gasteiger partial charge in [-0.2, -0.15) is 0 Å². The Morgan fingerprint density at radius 1 is 0.906 bits per heavy atom. The van der Waals surface area contributed by atoms with Crippen molar-refractivity contribution in [1.29, 1.82) is 0 Å². The fraction of sp³-hybridized carbons (Fsp3) is 0.346. The second-order valence-electron chi connectivity index (χ2n) is 8.19. The highest BCUT2D eigenvalue weighted by Gasteiger charge is 2.16. The Balaban J connectivity index is 1.76. The summed E-state index contributed by atoms with van der Waals surface area (Å²) in [5, 5.41) is 2.90. The van der Waals surface area contributed by atoms with E-state index in [9.17, 15) is 4.79 Å².